The van der Waals surface area contributed by atoms with Crippen molar-refractivity contribution in [3.63, 3.8) is 0 Å². The minimum atomic E-state index is -3.72. The second kappa shape index (κ2) is 11.8. The molecule has 3 aromatic rings. The lowest BCUT2D eigenvalue weighted by molar-refractivity contribution is -0.139. The number of esters is 1. The van der Waals surface area contributed by atoms with E-state index < -0.39 is 28.6 Å². The summed E-state index contributed by atoms with van der Waals surface area (Å²) in [5.74, 6) is -1.84. The molecule has 1 saturated heterocycles. The summed E-state index contributed by atoms with van der Waals surface area (Å²) in [7, 11) is -2.49. The van der Waals surface area contributed by atoms with Gasteiger partial charge in [-0.2, -0.15) is 0 Å². The van der Waals surface area contributed by atoms with E-state index >= 15 is 0 Å². The highest BCUT2D eigenvalue weighted by Crippen LogP contribution is 2.39. The van der Waals surface area contributed by atoms with Crippen LogP contribution in [0.3, 0.4) is 0 Å². The molecule has 196 valence electrons. The lowest BCUT2D eigenvalue weighted by atomic mass is 10.1. The molecule has 0 saturated carbocycles. The number of anilines is 1. The van der Waals surface area contributed by atoms with Crippen molar-refractivity contribution in [3.8, 4) is 16.2 Å². The van der Waals surface area contributed by atoms with E-state index in [9.17, 15) is 18.0 Å². The van der Waals surface area contributed by atoms with Crippen LogP contribution in [0.2, 0.25) is 0 Å². The first kappa shape index (κ1) is 26.6. The number of hydrogen-bond donors (Lipinski definition) is 2. The van der Waals surface area contributed by atoms with Crippen molar-refractivity contribution in [2.75, 3.05) is 31.1 Å². The minimum Gasteiger partial charge on any atom is -0.480 e. The zero-order valence-electron chi connectivity index (χ0n) is 20.3. The molecule has 2 aromatic carbocycles. The molecule has 1 fully saturated rings. The van der Waals surface area contributed by atoms with E-state index in [1.54, 1.807) is 36.4 Å². The summed E-state index contributed by atoms with van der Waals surface area (Å²) in [4.78, 5) is 24.0. The van der Waals surface area contributed by atoms with Crippen molar-refractivity contribution in [1.82, 2.24) is 5.32 Å². The van der Waals surface area contributed by atoms with E-state index in [2.05, 4.69) is 5.32 Å². The Morgan fingerprint density at radius 2 is 1.81 bits per heavy atom. The molecule has 1 aliphatic heterocycles. The van der Waals surface area contributed by atoms with E-state index in [-0.39, 0.29) is 22.4 Å². The molecule has 9 nitrogen and oxygen atoms in total. The van der Waals surface area contributed by atoms with Crippen LogP contribution in [-0.2, 0) is 25.3 Å². The van der Waals surface area contributed by atoms with Crippen molar-refractivity contribution >= 4 is 39.0 Å². The first-order valence-corrected chi connectivity index (χ1v) is 14.1. The zero-order chi connectivity index (χ0) is 26.4. The van der Waals surface area contributed by atoms with Gasteiger partial charge >= 0.3 is 11.9 Å². The maximum atomic E-state index is 13.8. The lowest BCUT2D eigenvalue weighted by Gasteiger charge is -2.35. The number of ether oxygens (including phenoxy) is 2. The molecule has 37 heavy (non-hydrogen) atoms. The van der Waals surface area contributed by atoms with Crippen LogP contribution in [0.15, 0.2) is 60.7 Å². The van der Waals surface area contributed by atoms with Crippen LogP contribution in [0.1, 0.15) is 28.1 Å². The van der Waals surface area contributed by atoms with Crippen molar-refractivity contribution in [2.24, 2.45) is 0 Å². The third-order valence-electron chi connectivity index (χ3n) is 5.94. The largest absolute Gasteiger partial charge is 0.480 e. The Bertz CT molecular complexity index is 1350. The van der Waals surface area contributed by atoms with Gasteiger partial charge in [-0.25, -0.2) is 18.0 Å². The van der Waals surface area contributed by atoms with Gasteiger partial charge in [0.1, 0.15) is 5.75 Å². The van der Waals surface area contributed by atoms with E-state index in [1.165, 1.54) is 11.4 Å². The fourth-order valence-electron chi connectivity index (χ4n) is 4.29. The Morgan fingerprint density at radius 1 is 1.08 bits per heavy atom. The van der Waals surface area contributed by atoms with Gasteiger partial charge in [-0.3, -0.25) is 4.31 Å². The predicted octanol–water partition coefficient (Wildman–Crippen LogP) is 3.75. The van der Waals surface area contributed by atoms with Gasteiger partial charge in [0.15, 0.2) is 11.5 Å². The molecule has 0 radical (unpaired) electrons. The number of carboxylic acid groups (broad SMARTS) is 1. The SMILES string of the molecule is COC(=O)c1sc(-c2cccc(N(C3CCNCC3)S(=O)(=O)Cc3ccccc3)c2)cc1OCC(=O)O. The molecule has 2 N–H and O–H groups in total. The van der Waals surface area contributed by atoms with E-state index in [4.69, 9.17) is 14.6 Å². The van der Waals surface area contributed by atoms with Crippen molar-refractivity contribution < 1.29 is 32.6 Å². The first-order valence-electron chi connectivity index (χ1n) is 11.7. The molecule has 0 unspecified atom stereocenters. The highest BCUT2D eigenvalue weighted by Gasteiger charge is 2.32. The van der Waals surface area contributed by atoms with Crippen LogP contribution >= 0.6 is 11.3 Å². The average Bonchev–Trinajstić information content (AvgIpc) is 3.32. The molecule has 1 aliphatic rings. The number of carbonyl (C=O) groups is 2. The lowest BCUT2D eigenvalue weighted by Crippen LogP contribution is -2.46. The summed E-state index contributed by atoms with van der Waals surface area (Å²) in [6, 6.07) is 17.6. The molecule has 0 spiro atoms. The standard InChI is InChI=1S/C26H28N2O7S2/c1-34-26(31)25-22(35-16-24(29)30)15-23(36-25)19-8-5-9-21(14-19)28(20-10-12-27-13-11-20)37(32,33)17-18-6-3-2-4-7-18/h2-9,14-15,20,27H,10-13,16-17H2,1H3,(H,29,30). The Morgan fingerprint density at radius 3 is 2.49 bits per heavy atom. The maximum absolute atomic E-state index is 13.8. The van der Waals surface area contributed by atoms with Crippen LogP contribution in [-0.4, -0.2) is 58.3 Å². The van der Waals surface area contributed by atoms with Gasteiger partial charge < -0.3 is 19.9 Å². The molecule has 0 bridgehead atoms. The minimum absolute atomic E-state index is 0.103. The summed E-state index contributed by atoms with van der Waals surface area (Å²) in [6.45, 7) is 0.834. The molecule has 1 aromatic heterocycles. The second-order valence-corrected chi connectivity index (χ2v) is 11.4. The number of nitrogens with zero attached hydrogens (tertiary/aromatic N) is 1. The number of rotatable bonds is 10. The molecule has 0 amide bonds. The van der Waals surface area contributed by atoms with Crippen LogP contribution in [0.4, 0.5) is 5.69 Å². The van der Waals surface area contributed by atoms with Crippen molar-refractivity contribution in [3.05, 3.63) is 71.1 Å². The number of methoxy groups -OCH3 is 1. The maximum Gasteiger partial charge on any atom is 0.351 e. The van der Waals surface area contributed by atoms with Gasteiger partial charge in [0.05, 0.1) is 18.6 Å². The Balaban J connectivity index is 1.73. The summed E-state index contributed by atoms with van der Waals surface area (Å²) >= 11 is 1.09. The van der Waals surface area contributed by atoms with Gasteiger partial charge in [0.2, 0.25) is 10.0 Å². The van der Waals surface area contributed by atoms with Crippen LogP contribution in [0.25, 0.3) is 10.4 Å². The Hall–Kier alpha value is -3.41. The fourth-order valence-corrected chi connectivity index (χ4v) is 7.16. The van der Waals surface area contributed by atoms with Crippen LogP contribution in [0, 0.1) is 0 Å². The zero-order valence-corrected chi connectivity index (χ0v) is 21.9. The van der Waals surface area contributed by atoms with E-state index in [1.807, 2.05) is 24.3 Å². The summed E-state index contributed by atoms with van der Waals surface area (Å²) in [6.07, 6.45) is 1.35. The van der Waals surface area contributed by atoms with Crippen molar-refractivity contribution in [1.29, 1.82) is 0 Å². The number of carboxylic acids is 1. The van der Waals surface area contributed by atoms with Crippen molar-refractivity contribution in [2.45, 2.75) is 24.6 Å². The second-order valence-electron chi connectivity index (χ2n) is 8.55. The number of nitrogens with one attached hydrogen (secondary N) is 1. The number of aliphatic carboxylic acids is 1. The van der Waals surface area contributed by atoms with E-state index in [0.717, 1.165) is 24.4 Å². The summed E-state index contributed by atoms with van der Waals surface area (Å²) in [5, 5.41) is 12.3. The first-order chi connectivity index (χ1) is 17.8. The third kappa shape index (κ3) is 6.48. The van der Waals surface area contributed by atoms with Gasteiger partial charge in [-0.05, 0) is 55.3 Å². The number of piperidine rings is 1. The molecule has 0 atom stereocenters. The van der Waals surface area contributed by atoms with E-state index in [0.29, 0.717) is 34.5 Å². The highest BCUT2D eigenvalue weighted by molar-refractivity contribution is 7.92. The Kier molecular flexibility index (Phi) is 8.47. The molecular weight excluding hydrogens is 516 g/mol. The molecule has 4 rings (SSSR count). The molecule has 2 heterocycles. The van der Waals surface area contributed by atoms with Crippen LogP contribution < -0.4 is 14.4 Å². The smallest absolute Gasteiger partial charge is 0.351 e. The average molecular weight is 545 g/mol. The molecule has 11 heteroatoms. The third-order valence-corrected chi connectivity index (χ3v) is 8.89. The Labute approximate surface area is 219 Å². The van der Waals surface area contributed by atoms with Gasteiger partial charge in [0.25, 0.3) is 0 Å². The topological polar surface area (TPSA) is 122 Å². The number of benzene rings is 2. The predicted molar refractivity (Wildman–Crippen MR) is 142 cm³/mol. The number of thiophene rings is 1. The number of sulfonamides is 1. The normalized spacial score (nSPS) is 14.2. The van der Waals surface area contributed by atoms with Gasteiger partial charge in [-0.1, -0.05) is 42.5 Å². The number of carbonyl (C=O) groups excluding carboxylic acids is 1. The fraction of sp³-hybridized carbons (Fsp3) is 0.308. The molecule has 0 aliphatic carbocycles. The summed E-state index contributed by atoms with van der Waals surface area (Å²) in [5.41, 5.74) is 1.91. The quantitative estimate of drug-likeness (QED) is 0.370. The van der Waals surface area contributed by atoms with Gasteiger partial charge in [0, 0.05) is 10.9 Å². The number of hydrogen-bond acceptors (Lipinski definition) is 8. The summed E-state index contributed by atoms with van der Waals surface area (Å²) < 4.78 is 39.2. The van der Waals surface area contributed by atoms with Gasteiger partial charge in [-0.15, -0.1) is 11.3 Å². The molecular formula is C26H28N2O7S2. The van der Waals surface area contributed by atoms with Crippen LogP contribution in [0.5, 0.6) is 5.75 Å². The monoisotopic (exact) mass is 544 g/mol. The highest BCUT2D eigenvalue weighted by atomic mass is 32.2.